The standard InChI is InChI=1S/C25H41N3O4/c1-11-17(3)19(26-23(31)32-25(7,8)9)22(30)28(10)20(21(29)27-24(4,5)6)18-14-12-13-16(2)15-18/h12-15,17,19-20H,11H2,1-10H3,(H,26,31)(H,27,29). The Morgan fingerprint density at radius 2 is 1.69 bits per heavy atom. The van der Waals surface area contributed by atoms with Crippen LogP contribution in [0.25, 0.3) is 0 Å². The van der Waals surface area contributed by atoms with Crippen LogP contribution in [0.1, 0.15) is 79.0 Å². The second-order valence-electron chi connectivity index (χ2n) is 10.5. The summed E-state index contributed by atoms with van der Waals surface area (Å²) in [4.78, 5) is 40.7. The molecule has 7 nitrogen and oxygen atoms in total. The van der Waals surface area contributed by atoms with Gasteiger partial charge in [0, 0.05) is 12.6 Å². The summed E-state index contributed by atoms with van der Waals surface area (Å²) in [6, 6.07) is 5.88. The van der Waals surface area contributed by atoms with Crippen LogP contribution in [-0.4, -0.2) is 47.0 Å². The van der Waals surface area contributed by atoms with Crippen molar-refractivity contribution in [1.29, 1.82) is 0 Å². The first-order chi connectivity index (χ1) is 14.6. The van der Waals surface area contributed by atoms with E-state index in [1.807, 2.05) is 65.8 Å². The van der Waals surface area contributed by atoms with E-state index < -0.39 is 29.3 Å². The topological polar surface area (TPSA) is 87.7 Å². The normalized spacial score (nSPS) is 14.7. The van der Waals surface area contributed by atoms with Gasteiger partial charge < -0.3 is 20.3 Å². The third-order valence-corrected chi connectivity index (χ3v) is 4.99. The predicted molar refractivity (Wildman–Crippen MR) is 127 cm³/mol. The Morgan fingerprint density at radius 1 is 1.09 bits per heavy atom. The van der Waals surface area contributed by atoms with Gasteiger partial charge in [-0.3, -0.25) is 9.59 Å². The number of amides is 3. The maximum atomic E-state index is 13.6. The molecule has 3 unspecified atom stereocenters. The number of rotatable bonds is 7. The number of hydrogen-bond acceptors (Lipinski definition) is 4. The van der Waals surface area contributed by atoms with E-state index in [0.29, 0.717) is 12.0 Å². The number of aryl methyl sites for hydroxylation is 1. The van der Waals surface area contributed by atoms with Gasteiger partial charge >= 0.3 is 6.09 Å². The number of hydrogen-bond donors (Lipinski definition) is 2. The zero-order valence-corrected chi connectivity index (χ0v) is 21.3. The third-order valence-electron chi connectivity index (χ3n) is 4.99. The second-order valence-corrected chi connectivity index (χ2v) is 10.5. The van der Waals surface area contributed by atoms with Gasteiger partial charge in [0.25, 0.3) is 0 Å². The number of ether oxygens (including phenoxy) is 1. The quantitative estimate of drug-likeness (QED) is 0.650. The van der Waals surface area contributed by atoms with E-state index in [9.17, 15) is 14.4 Å². The molecule has 1 aromatic rings. The van der Waals surface area contributed by atoms with Gasteiger partial charge in [-0.25, -0.2) is 4.79 Å². The molecule has 0 saturated heterocycles. The minimum Gasteiger partial charge on any atom is -0.444 e. The van der Waals surface area contributed by atoms with E-state index in [0.717, 1.165) is 5.56 Å². The molecule has 0 heterocycles. The van der Waals surface area contributed by atoms with Gasteiger partial charge in [-0.1, -0.05) is 50.1 Å². The highest BCUT2D eigenvalue weighted by Crippen LogP contribution is 2.24. The lowest BCUT2D eigenvalue weighted by molar-refractivity contribution is -0.142. The molecule has 3 atom stereocenters. The van der Waals surface area contributed by atoms with Crippen molar-refractivity contribution in [3.63, 3.8) is 0 Å². The third kappa shape index (κ3) is 8.52. The van der Waals surface area contributed by atoms with Gasteiger partial charge in [0.15, 0.2) is 0 Å². The SMILES string of the molecule is CCC(C)C(NC(=O)OC(C)(C)C)C(=O)N(C)C(C(=O)NC(C)(C)C)c1cccc(C)c1. The largest absolute Gasteiger partial charge is 0.444 e. The molecule has 0 aliphatic carbocycles. The first-order valence-corrected chi connectivity index (χ1v) is 11.2. The lowest BCUT2D eigenvalue weighted by atomic mass is 9.95. The number of benzene rings is 1. The van der Waals surface area contributed by atoms with Gasteiger partial charge in [-0.15, -0.1) is 0 Å². The van der Waals surface area contributed by atoms with Crippen molar-refractivity contribution in [2.24, 2.45) is 5.92 Å². The van der Waals surface area contributed by atoms with Gasteiger partial charge in [0.05, 0.1) is 0 Å². The monoisotopic (exact) mass is 447 g/mol. The molecule has 0 radical (unpaired) electrons. The van der Waals surface area contributed by atoms with Crippen LogP contribution < -0.4 is 10.6 Å². The minimum atomic E-state index is -0.839. The van der Waals surface area contributed by atoms with E-state index in [2.05, 4.69) is 10.6 Å². The summed E-state index contributed by atoms with van der Waals surface area (Å²) in [5.74, 6) is -0.777. The number of nitrogens with one attached hydrogen (secondary N) is 2. The molecule has 0 aromatic heterocycles. The van der Waals surface area contributed by atoms with Gasteiger partial charge in [0.2, 0.25) is 11.8 Å². The van der Waals surface area contributed by atoms with Gasteiger partial charge in [-0.05, 0) is 59.9 Å². The first kappa shape index (κ1) is 27.5. The van der Waals surface area contributed by atoms with Crippen LogP contribution in [0.15, 0.2) is 24.3 Å². The van der Waals surface area contributed by atoms with Crippen molar-refractivity contribution >= 4 is 17.9 Å². The Morgan fingerprint density at radius 3 is 2.16 bits per heavy atom. The first-order valence-electron chi connectivity index (χ1n) is 11.2. The van der Waals surface area contributed by atoms with Crippen molar-refractivity contribution in [2.75, 3.05) is 7.05 Å². The summed E-state index contributed by atoms with van der Waals surface area (Å²) in [7, 11) is 1.60. The molecule has 0 aliphatic heterocycles. The molecule has 0 bridgehead atoms. The fraction of sp³-hybridized carbons (Fsp3) is 0.640. The van der Waals surface area contributed by atoms with Crippen LogP contribution >= 0.6 is 0 Å². The van der Waals surface area contributed by atoms with E-state index in [1.165, 1.54) is 4.90 Å². The second kappa shape index (κ2) is 10.8. The minimum absolute atomic E-state index is 0.152. The summed E-state index contributed by atoms with van der Waals surface area (Å²) in [5, 5.41) is 5.71. The Hall–Kier alpha value is -2.57. The number of alkyl carbamates (subject to hydrolysis) is 1. The highest BCUT2D eigenvalue weighted by Gasteiger charge is 2.37. The fourth-order valence-corrected chi connectivity index (χ4v) is 3.29. The Kier molecular flexibility index (Phi) is 9.30. The molecule has 2 N–H and O–H groups in total. The molecular weight excluding hydrogens is 406 g/mol. The highest BCUT2D eigenvalue weighted by atomic mass is 16.6. The Balaban J connectivity index is 3.31. The number of carbonyl (C=O) groups is 3. The summed E-state index contributed by atoms with van der Waals surface area (Å²) >= 11 is 0. The van der Waals surface area contributed by atoms with Crippen molar-refractivity contribution < 1.29 is 19.1 Å². The number of carbonyl (C=O) groups excluding carboxylic acids is 3. The summed E-state index contributed by atoms with van der Waals surface area (Å²) in [6.07, 6.45) is 0.0133. The van der Waals surface area contributed by atoms with Crippen LogP contribution in [0, 0.1) is 12.8 Å². The van der Waals surface area contributed by atoms with Crippen molar-refractivity contribution in [2.45, 2.75) is 92.0 Å². The Bertz CT molecular complexity index is 808. The summed E-state index contributed by atoms with van der Waals surface area (Å²) in [5.41, 5.74) is 0.550. The maximum absolute atomic E-state index is 13.6. The van der Waals surface area contributed by atoms with Crippen LogP contribution in [0.4, 0.5) is 4.79 Å². The average molecular weight is 448 g/mol. The van der Waals surface area contributed by atoms with Crippen molar-refractivity contribution in [3.05, 3.63) is 35.4 Å². The summed E-state index contributed by atoms with van der Waals surface area (Å²) in [6.45, 7) is 16.8. The fourth-order valence-electron chi connectivity index (χ4n) is 3.29. The van der Waals surface area contributed by atoms with Gasteiger partial charge in [-0.2, -0.15) is 0 Å². The molecule has 32 heavy (non-hydrogen) atoms. The molecule has 0 spiro atoms. The van der Waals surface area contributed by atoms with E-state index >= 15 is 0 Å². The van der Waals surface area contributed by atoms with E-state index in [1.54, 1.807) is 27.8 Å². The van der Waals surface area contributed by atoms with Crippen molar-refractivity contribution in [1.82, 2.24) is 15.5 Å². The lowest BCUT2D eigenvalue weighted by Gasteiger charge is -2.35. The lowest BCUT2D eigenvalue weighted by Crippen LogP contribution is -2.55. The highest BCUT2D eigenvalue weighted by molar-refractivity contribution is 5.92. The molecule has 1 rings (SSSR count). The van der Waals surface area contributed by atoms with Crippen LogP contribution in [0.2, 0.25) is 0 Å². The molecule has 0 saturated carbocycles. The molecular formula is C25H41N3O4. The summed E-state index contributed by atoms with van der Waals surface area (Å²) < 4.78 is 5.37. The molecule has 0 aliphatic rings. The molecule has 180 valence electrons. The van der Waals surface area contributed by atoms with Crippen molar-refractivity contribution in [3.8, 4) is 0 Å². The molecule has 0 fully saturated rings. The molecule has 3 amide bonds. The smallest absolute Gasteiger partial charge is 0.408 e. The number of nitrogens with zero attached hydrogens (tertiary/aromatic N) is 1. The zero-order chi connectivity index (χ0) is 24.9. The molecule has 1 aromatic carbocycles. The van der Waals surface area contributed by atoms with Crippen LogP contribution in [0.5, 0.6) is 0 Å². The van der Waals surface area contributed by atoms with Gasteiger partial charge in [0.1, 0.15) is 17.7 Å². The zero-order valence-electron chi connectivity index (χ0n) is 21.3. The van der Waals surface area contributed by atoms with Crippen LogP contribution in [0.3, 0.4) is 0 Å². The Labute approximate surface area is 193 Å². The molecule has 7 heteroatoms. The number of likely N-dealkylation sites (N-methyl/N-ethyl adjacent to an activating group) is 1. The average Bonchev–Trinajstić information content (AvgIpc) is 2.62. The van der Waals surface area contributed by atoms with E-state index in [4.69, 9.17) is 4.74 Å². The maximum Gasteiger partial charge on any atom is 0.408 e. The predicted octanol–water partition coefficient (Wildman–Crippen LogP) is 4.35. The van der Waals surface area contributed by atoms with E-state index in [-0.39, 0.29) is 17.7 Å². The van der Waals surface area contributed by atoms with Crippen LogP contribution in [-0.2, 0) is 14.3 Å².